The highest BCUT2D eigenvalue weighted by molar-refractivity contribution is 5.96. The quantitative estimate of drug-likeness (QED) is 0.529. The Morgan fingerprint density at radius 3 is 2.85 bits per heavy atom. The number of nitrogens with zero attached hydrogens (tertiary/aromatic N) is 3. The molecule has 3 N–H and O–H groups in total. The number of para-hydroxylation sites is 1. The fourth-order valence-electron chi connectivity index (χ4n) is 2.92. The molecule has 1 aromatic carbocycles. The van der Waals surface area contributed by atoms with Gasteiger partial charge < -0.3 is 15.4 Å². The average Bonchev–Trinajstić information content (AvgIpc) is 3.11. The number of rotatable bonds is 3. The van der Waals surface area contributed by atoms with Crippen LogP contribution in [0.15, 0.2) is 53.6 Å². The third-order valence-electron chi connectivity index (χ3n) is 4.35. The van der Waals surface area contributed by atoms with Gasteiger partial charge in [0.05, 0.1) is 23.1 Å². The van der Waals surface area contributed by atoms with E-state index in [1.165, 1.54) is 4.68 Å². The summed E-state index contributed by atoms with van der Waals surface area (Å²) < 4.78 is 1.29. The van der Waals surface area contributed by atoms with E-state index in [4.69, 9.17) is 0 Å². The van der Waals surface area contributed by atoms with E-state index in [0.29, 0.717) is 28.3 Å². The molecule has 0 amide bonds. The van der Waals surface area contributed by atoms with Gasteiger partial charge in [0.1, 0.15) is 11.6 Å². The van der Waals surface area contributed by atoms with Crippen molar-refractivity contribution in [2.45, 2.75) is 6.92 Å². The smallest absolute Gasteiger partial charge is 0.271 e. The van der Waals surface area contributed by atoms with E-state index in [1.807, 2.05) is 30.5 Å². The highest BCUT2D eigenvalue weighted by Gasteiger charge is 2.13. The Bertz CT molecular complexity index is 1180. The summed E-state index contributed by atoms with van der Waals surface area (Å²) in [6, 6.07) is 10.8. The fourth-order valence-corrected chi connectivity index (χ4v) is 2.92. The number of aromatic amines is 1. The molecule has 4 rings (SSSR count). The number of aryl methyl sites for hydroxylation is 1. The van der Waals surface area contributed by atoms with Crippen molar-refractivity contribution >= 4 is 22.4 Å². The fraction of sp³-hybridized carbons (Fsp3) is 0.105. The van der Waals surface area contributed by atoms with Crippen LogP contribution in [0.5, 0.6) is 5.75 Å². The van der Waals surface area contributed by atoms with Crippen LogP contribution in [0, 0.1) is 6.92 Å². The molecule has 0 saturated carbocycles. The van der Waals surface area contributed by atoms with Crippen LogP contribution in [0.1, 0.15) is 5.56 Å². The number of aromatic hydroxyl groups is 1. The minimum atomic E-state index is -0.170. The number of aromatic nitrogens is 4. The van der Waals surface area contributed by atoms with Crippen molar-refractivity contribution in [3.05, 3.63) is 64.7 Å². The number of nitrogens with one attached hydrogen (secondary N) is 2. The zero-order valence-corrected chi connectivity index (χ0v) is 14.3. The summed E-state index contributed by atoms with van der Waals surface area (Å²) in [5, 5.41) is 18.3. The van der Waals surface area contributed by atoms with E-state index in [1.54, 1.807) is 32.3 Å². The largest absolute Gasteiger partial charge is 0.507 e. The molecule has 4 aromatic rings. The van der Waals surface area contributed by atoms with Crippen LogP contribution in [-0.4, -0.2) is 24.9 Å². The van der Waals surface area contributed by atoms with Gasteiger partial charge in [0.2, 0.25) is 0 Å². The lowest BCUT2D eigenvalue weighted by Gasteiger charge is -2.12. The summed E-state index contributed by atoms with van der Waals surface area (Å²) in [7, 11) is 1.61. The lowest BCUT2D eigenvalue weighted by atomic mass is 10.1. The van der Waals surface area contributed by atoms with E-state index >= 15 is 0 Å². The van der Waals surface area contributed by atoms with E-state index in [9.17, 15) is 9.90 Å². The third-order valence-corrected chi connectivity index (χ3v) is 4.35. The van der Waals surface area contributed by atoms with Gasteiger partial charge in [-0.1, -0.05) is 12.1 Å². The molecule has 0 saturated heterocycles. The first-order valence-corrected chi connectivity index (χ1v) is 8.11. The zero-order chi connectivity index (χ0) is 18.3. The molecule has 0 aliphatic rings. The minimum Gasteiger partial charge on any atom is -0.507 e. The van der Waals surface area contributed by atoms with E-state index in [2.05, 4.69) is 20.4 Å². The van der Waals surface area contributed by atoms with Gasteiger partial charge in [-0.05, 0) is 25.1 Å². The number of H-pyrrole nitrogens is 1. The van der Waals surface area contributed by atoms with Crippen molar-refractivity contribution in [2.24, 2.45) is 7.05 Å². The standard InChI is InChI=1S/C19H17N5O2/c1-11-15(10-21-24(2)19(11)26)22-17-9-14-12(7-8-20-14)18(23-17)13-5-3-4-6-16(13)25/h3-10,20,25H,1-2H3,(H,22,23). The first kappa shape index (κ1) is 15.9. The summed E-state index contributed by atoms with van der Waals surface area (Å²) in [5.74, 6) is 0.711. The summed E-state index contributed by atoms with van der Waals surface area (Å²) in [5.41, 5.74) is 3.14. The van der Waals surface area contributed by atoms with Crippen molar-refractivity contribution < 1.29 is 5.11 Å². The van der Waals surface area contributed by atoms with Gasteiger partial charge in [-0.25, -0.2) is 9.67 Å². The summed E-state index contributed by atoms with van der Waals surface area (Å²) >= 11 is 0. The number of benzene rings is 1. The van der Waals surface area contributed by atoms with Gasteiger partial charge >= 0.3 is 0 Å². The number of hydrogen-bond acceptors (Lipinski definition) is 5. The normalized spacial score (nSPS) is 11.0. The summed E-state index contributed by atoms with van der Waals surface area (Å²) in [6.07, 6.45) is 3.42. The maximum Gasteiger partial charge on any atom is 0.271 e. The first-order chi connectivity index (χ1) is 12.5. The van der Waals surface area contributed by atoms with Crippen molar-refractivity contribution in [3.8, 4) is 17.0 Å². The molecular weight excluding hydrogens is 330 g/mol. The van der Waals surface area contributed by atoms with Crippen LogP contribution in [0.2, 0.25) is 0 Å². The molecule has 7 nitrogen and oxygen atoms in total. The Hall–Kier alpha value is -3.61. The molecular formula is C19H17N5O2. The minimum absolute atomic E-state index is 0.158. The zero-order valence-electron chi connectivity index (χ0n) is 14.3. The highest BCUT2D eigenvalue weighted by atomic mass is 16.3. The number of phenolic OH excluding ortho intramolecular Hbond substituents is 1. The Labute approximate surface area is 149 Å². The van der Waals surface area contributed by atoms with Crippen LogP contribution in [0.3, 0.4) is 0 Å². The second-order valence-electron chi connectivity index (χ2n) is 6.05. The Morgan fingerprint density at radius 2 is 2.04 bits per heavy atom. The van der Waals surface area contributed by atoms with Gasteiger partial charge in [-0.3, -0.25) is 4.79 Å². The van der Waals surface area contributed by atoms with Gasteiger partial charge in [-0.2, -0.15) is 5.10 Å². The molecule has 3 heterocycles. The van der Waals surface area contributed by atoms with Crippen LogP contribution >= 0.6 is 0 Å². The Morgan fingerprint density at radius 1 is 1.23 bits per heavy atom. The maximum absolute atomic E-state index is 12.1. The van der Waals surface area contributed by atoms with Crippen molar-refractivity contribution in [1.29, 1.82) is 0 Å². The van der Waals surface area contributed by atoms with Gasteiger partial charge in [-0.15, -0.1) is 0 Å². The summed E-state index contributed by atoms with van der Waals surface area (Å²) in [6.45, 7) is 1.74. The Kier molecular flexibility index (Phi) is 3.69. The number of hydrogen-bond donors (Lipinski definition) is 3. The molecule has 26 heavy (non-hydrogen) atoms. The molecule has 0 aliphatic heterocycles. The van der Waals surface area contributed by atoms with Crippen molar-refractivity contribution in [3.63, 3.8) is 0 Å². The van der Waals surface area contributed by atoms with E-state index < -0.39 is 0 Å². The monoisotopic (exact) mass is 347 g/mol. The molecule has 0 unspecified atom stereocenters. The predicted octanol–water partition coefficient (Wildman–Crippen LogP) is 3.08. The van der Waals surface area contributed by atoms with Crippen molar-refractivity contribution in [1.82, 2.24) is 19.7 Å². The lowest BCUT2D eigenvalue weighted by Crippen LogP contribution is -2.22. The van der Waals surface area contributed by atoms with Gasteiger partial charge in [0, 0.05) is 35.8 Å². The molecule has 3 aromatic heterocycles. The van der Waals surface area contributed by atoms with E-state index in [0.717, 1.165) is 10.9 Å². The number of phenols is 1. The molecule has 0 atom stereocenters. The van der Waals surface area contributed by atoms with Crippen LogP contribution < -0.4 is 10.9 Å². The van der Waals surface area contributed by atoms with E-state index in [-0.39, 0.29) is 11.3 Å². The third kappa shape index (κ3) is 2.59. The average molecular weight is 347 g/mol. The van der Waals surface area contributed by atoms with Crippen LogP contribution in [0.25, 0.3) is 22.2 Å². The van der Waals surface area contributed by atoms with Gasteiger partial charge in [0.25, 0.3) is 5.56 Å². The second kappa shape index (κ2) is 6.03. The number of anilines is 2. The summed E-state index contributed by atoms with van der Waals surface area (Å²) in [4.78, 5) is 19.9. The molecule has 130 valence electrons. The molecule has 0 fully saturated rings. The predicted molar refractivity (Wildman–Crippen MR) is 101 cm³/mol. The molecule has 0 radical (unpaired) electrons. The van der Waals surface area contributed by atoms with Crippen LogP contribution in [-0.2, 0) is 7.05 Å². The number of fused-ring (bicyclic) bond motifs is 1. The molecule has 0 aliphatic carbocycles. The first-order valence-electron chi connectivity index (χ1n) is 8.11. The molecule has 0 bridgehead atoms. The van der Waals surface area contributed by atoms with Crippen LogP contribution in [0.4, 0.5) is 11.5 Å². The topological polar surface area (TPSA) is 95.8 Å². The maximum atomic E-state index is 12.1. The molecule has 0 spiro atoms. The SMILES string of the molecule is Cc1c(Nc2cc3[nH]ccc3c(-c3ccccc3O)n2)cnn(C)c1=O. The lowest BCUT2D eigenvalue weighted by molar-refractivity contribution is 0.477. The Balaban J connectivity index is 1.86. The van der Waals surface area contributed by atoms with Gasteiger partial charge in [0.15, 0.2) is 0 Å². The second-order valence-corrected chi connectivity index (χ2v) is 6.05. The highest BCUT2D eigenvalue weighted by Crippen LogP contribution is 2.34. The number of pyridine rings is 1. The molecule has 7 heteroatoms. The van der Waals surface area contributed by atoms with Crippen molar-refractivity contribution in [2.75, 3.05) is 5.32 Å².